The molecule has 104 valence electrons. The lowest BCUT2D eigenvalue weighted by atomic mass is 10.1. The highest BCUT2D eigenvalue weighted by molar-refractivity contribution is 7.80. The summed E-state index contributed by atoms with van der Waals surface area (Å²) < 4.78 is 0. The predicted molar refractivity (Wildman–Crippen MR) is 83.8 cm³/mol. The zero-order valence-corrected chi connectivity index (χ0v) is 12.4. The molecular formula is C14H17N5S. The van der Waals surface area contributed by atoms with Gasteiger partial charge in [-0.25, -0.2) is 0 Å². The van der Waals surface area contributed by atoms with Gasteiger partial charge in [-0.2, -0.15) is 5.10 Å². The van der Waals surface area contributed by atoms with E-state index in [1.165, 1.54) is 5.56 Å². The first-order valence-electron chi connectivity index (χ1n) is 6.36. The number of pyridine rings is 1. The van der Waals surface area contributed by atoms with Crippen LogP contribution in [-0.4, -0.2) is 26.7 Å². The summed E-state index contributed by atoms with van der Waals surface area (Å²) in [6.07, 6.45) is 4.44. The van der Waals surface area contributed by atoms with E-state index in [0.29, 0.717) is 10.8 Å². The largest absolute Gasteiger partial charge is 0.389 e. The molecule has 0 spiro atoms. The van der Waals surface area contributed by atoms with E-state index in [-0.39, 0.29) is 0 Å². The van der Waals surface area contributed by atoms with E-state index in [2.05, 4.69) is 20.5 Å². The molecule has 0 saturated carbocycles. The smallest absolute Gasteiger partial charge is 0.159 e. The van der Waals surface area contributed by atoms with E-state index in [9.17, 15) is 0 Å². The molecule has 0 unspecified atom stereocenters. The molecule has 3 N–H and O–H groups in total. The molecule has 2 heterocycles. The normalized spacial score (nSPS) is 10.3. The van der Waals surface area contributed by atoms with Crippen molar-refractivity contribution in [3.05, 3.63) is 46.9 Å². The topological polar surface area (TPSA) is 76.7 Å². The number of nitrogens with zero attached hydrogens (tertiary/aromatic N) is 3. The summed E-state index contributed by atoms with van der Waals surface area (Å²) in [4.78, 5) is 4.33. The van der Waals surface area contributed by atoms with Gasteiger partial charge in [0.25, 0.3) is 0 Å². The van der Waals surface area contributed by atoms with Crippen molar-refractivity contribution >= 4 is 23.0 Å². The maximum Gasteiger partial charge on any atom is 0.159 e. The standard InChI is InChI=1S/C14H17N5S/c1-9-10(2)18-19-14(12(9)13(15)20)17-8-5-11-3-6-16-7-4-11/h3-4,6-7H,5,8H2,1-2H3,(H2,15,20)(H,17,19). The van der Waals surface area contributed by atoms with E-state index in [1.54, 1.807) is 12.4 Å². The third-order valence-electron chi connectivity index (χ3n) is 3.16. The van der Waals surface area contributed by atoms with Crippen molar-refractivity contribution in [2.45, 2.75) is 20.3 Å². The van der Waals surface area contributed by atoms with Gasteiger partial charge in [0.15, 0.2) is 5.82 Å². The van der Waals surface area contributed by atoms with Crippen LogP contribution in [0.15, 0.2) is 24.5 Å². The molecule has 5 nitrogen and oxygen atoms in total. The Morgan fingerprint density at radius 2 is 1.95 bits per heavy atom. The van der Waals surface area contributed by atoms with Gasteiger partial charge >= 0.3 is 0 Å². The van der Waals surface area contributed by atoms with Gasteiger partial charge < -0.3 is 11.1 Å². The number of anilines is 1. The maximum absolute atomic E-state index is 5.78. The molecule has 0 atom stereocenters. The van der Waals surface area contributed by atoms with Crippen LogP contribution in [0.4, 0.5) is 5.82 Å². The summed E-state index contributed by atoms with van der Waals surface area (Å²) in [5.74, 6) is 0.648. The van der Waals surface area contributed by atoms with Crippen molar-refractivity contribution in [3.8, 4) is 0 Å². The third-order valence-corrected chi connectivity index (χ3v) is 3.36. The number of rotatable bonds is 5. The number of hydrogen-bond acceptors (Lipinski definition) is 5. The number of nitrogens with one attached hydrogen (secondary N) is 1. The number of aryl methyl sites for hydroxylation is 1. The first-order chi connectivity index (χ1) is 9.59. The first kappa shape index (κ1) is 14.3. The molecule has 0 aliphatic heterocycles. The van der Waals surface area contributed by atoms with Gasteiger partial charge in [-0.1, -0.05) is 12.2 Å². The van der Waals surface area contributed by atoms with Gasteiger partial charge in [-0.15, -0.1) is 5.10 Å². The molecule has 2 rings (SSSR count). The average molecular weight is 287 g/mol. The third kappa shape index (κ3) is 3.27. The van der Waals surface area contributed by atoms with Crippen LogP contribution in [0.25, 0.3) is 0 Å². The summed E-state index contributed by atoms with van der Waals surface area (Å²) in [6, 6.07) is 3.98. The van der Waals surface area contributed by atoms with Gasteiger partial charge in [0.05, 0.1) is 11.3 Å². The lowest BCUT2D eigenvalue weighted by molar-refractivity contribution is 0.929. The average Bonchev–Trinajstić information content (AvgIpc) is 2.43. The molecule has 6 heteroatoms. The second kappa shape index (κ2) is 6.38. The molecule has 2 aromatic rings. The second-order valence-corrected chi connectivity index (χ2v) is 4.97. The molecule has 0 amide bonds. The highest BCUT2D eigenvalue weighted by Crippen LogP contribution is 2.18. The van der Waals surface area contributed by atoms with E-state index in [1.807, 2.05) is 26.0 Å². The van der Waals surface area contributed by atoms with Crippen molar-refractivity contribution in [2.24, 2.45) is 5.73 Å². The Hall–Kier alpha value is -2.08. The maximum atomic E-state index is 5.78. The van der Waals surface area contributed by atoms with Gasteiger partial charge in [-0.05, 0) is 43.5 Å². The molecule has 0 saturated heterocycles. The van der Waals surface area contributed by atoms with Crippen LogP contribution in [0.2, 0.25) is 0 Å². The lowest BCUT2D eigenvalue weighted by Crippen LogP contribution is -2.19. The molecule has 0 bridgehead atoms. The summed E-state index contributed by atoms with van der Waals surface area (Å²) in [5.41, 5.74) is 9.58. The van der Waals surface area contributed by atoms with Crippen molar-refractivity contribution in [2.75, 3.05) is 11.9 Å². The number of nitrogens with two attached hydrogens (primary N) is 1. The Balaban J connectivity index is 2.10. The fourth-order valence-electron chi connectivity index (χ4n) is 1.91. The van der Waals surface area contributed by atoms with Crippen molar-refractivity contribution in [1.82, 2.24) is 15.2 Å². The molecule has 0 aliphatic rings. The fraction of sp³-hybridized carbons (Fsp3) is 0.286. The van der Waals surface area contributed by atoms with E-state index in [0.717, 1.165) is 29.8 Å². The van der Waals surface area contributed by atoms with E-state index >= 15 is 0 Å². The minimum Gasteiger partial charge on any atom is -0.389 e. The zero-order chi connectivity index (χ0) is 14.5. The number of hydrogen-bond donors (Lipinski definition) is 2. The molecule has 0 aromatic carbocycles. The van der Waals surface area contributed by atoms with Crippen LogP contribution >= 0.6 is 12.2 Å². The quantitative estimate of drug-likeness (QED) is 0.816. The highest BCUT2D eigenvalue weighted by Gasteiger charge is 2.13. The van der Waals surface area contributed by atoms with Crippen LogP contribution in [0, 0.1) is 13.8 Å². The van der Waals surface area contributed by atoms with Crippen molar-refractivity contribution < 1.29 is 0 Å². The van der Waals surface area contributed by atoms with Crippen LogP contribution < -0.4 is 11.1 Å². The minimum absolute atomic E-state index is 0.340. The van der Waals surface area contributed by atoms with Crippen LogP contribution in [0.5, 0.6) is 0 Å². The molecular weight excluding hydrogens is 270 g/mol. The number of thiocarbonyl (C=S) groups is 1. The summed E-state index contributed by atoms with van der Waals surface area (Å²) in [7, 11) is 0. The zero-order valence-electron chi connectivity index (χ0n) is 11.6. The Kier molecular flexibility index (Phi) is 4.57. The predicted octanol–water partition coefficient (Wildman–Crippen LogP) is 1.78. The van der Waals surface area contributed by atoms with Crippen LogP contribution in [0.1, 0.15) is 22.4 Å². The summed E-state index contributed by atoms with van der Waals surface area (Å²) in [6.45, 7) is 4.58. The molecule has 0 fully saturated rings. The molecule has 0 radical (unpaired) electrons. The Morgan fingerprint density at radius 1 is 1.25 bits per heavy atom. The Morgan fingerprint density at radius 3 is 2.60 bits per heavy atom. The van der Waals surface area contributed by atoms with E-state index in [4.69, 9.17) is 18.0 Å². The molecule has 20 heavy (non-hydrogen) atoms. The van der Waals surface area contributed by atoms with Gasteiger partial charge in [0.1, 0.15) is 4.99 Å². The molecule has 2 aromatic heterocycles. The fourth-order valence-corrected chi connectivity index (χ4v) is 2.16. The monoisotopic (exact) mass is 287 g/mol. The Labute approximate surface area is 123 Å². The summed E-state index contributed by atoms with van der Waals surface area (Å²) >= 11 is 5.10. The highest BCUT2D eigenvalue weighted by atomic mass is 32.1. The molecule has 0 aliphatic carbocycles. The second-order valence-electron chi connectivity index (χ2n) is 4.53. The van der Waals surface area contributed by atoms with Gasteiger partial charge in [0, 0.05) is 18.9 Å². The van der Waals surface area contributed by atoms with E-state index < -0.39 is 0 Å². The van der Waals surface area contributed by atoms with Crippen LogP contribution in [-0.2, 0) is 6.42 Å². The van der Waals surface area contributed by atoms with Crippen LogP contribution in [0.3, 0.4) is 0 Å². The SMILES string of the molecule is Cc1nnc(NCCc2ccncc2)c(C(N)=S)c1C. The minimum atomic E-state index is 0.340. The lowest BCUT2D eigenvalue weighted by Gasteiger charge is -2.13. The first-order valence-corrected chi connectivity index (χ1v) is 6.77. The number of aromatic nitrogens is 3. The van der Waals surface area contributed by atoms with Gasteiger partial charge in [0.2, 0.25) is 0 Å². The van der Waals surface area contributed by atoms with Crippen molar-refractivity contribution in [3.63, 3.8) is 0 Å². The van der Waals surface area contributed by atoms with Gasteiger partial charge in [-0.3, -0.25) is 4.98 Å². The van der Waals surface area contributed by atoms with Crippen molar-refractivity contribution in [1.29, 1.82) is 0 Å². The Bertz CT molecular complexity index is 612. The summed E-state index contributed by atoms with van der Waals surface area (Å²) in [5, 5.41) is 11.5.